The standard InChI is InChI=1S/C24H30N6O3S/c1-3-33-23(31)20-16-25-24(34-20)28-21-15-22(27-18(2)26-21)30-11-9-29(10-12-30)13-14-32-17-19-7-5-4-6-8-19/h4-8,15-16H,3,9-14,17H2,1-2H3,(H,25,26,27,28). The molecule has 9 nitrogen and oxygen atoms in total. The minimum Gasteiger partial charge on any atom is -0.462 e. The van der Waals surface area contributed by atoms with Crippen molar-refractivity contribution in [3.63, 3.8) is 0 Å². The molecule has 180 valence electrons. The first kappa shape index (κ1) is 24.1. The van der Waals surface area contributed by atoms with Crippen LogP contribution in [0.2, 0.25) is 0 Å². The summed E-state index contributed by atoms with van der Waals surface area (Å²) in [5, 5.41) is 3.78. The number of benzene rings is 1. The van der Waals surface area contributed by atoms with Crippen LogP contribution in [0, 0.1) is 6.92 Å². The Bertz CT molecular complexity index is 1070. The number of ether oxygens (including phenoxy) is 2. The lowest BCUT2D eigenvalue weighted by Gasteiger charge is -2.35. The van der Waals surface area contributed by atoms with E-state index in [9.17, 15) is 4.79 Å². The van der Waals surface area contributed by atoms with Gasteiger partial charge >= 0.3 is 5.97 Å². The van der Waals surface area contributed by atoms with Crippen LogP contribution >= 0.6 is 11.3 Å². The van der Waals surface area contributed by atoms with Crippen LogP contribution in [0.25, 0.3) is 0 Å². The van der Waals surface area contributed by atoms with Gasteiger partial charge < -0.3 is 19.7 Å². The summed E-state index contributed by atoms with van der Waals surface area (Å²) in [6.07, 6.45) is 1.52. The van der Waals surface area contributed by atoms with E-state index in [0.717, 1.165) is 45.1 Å². The van der Waals surface area contributed by atoms with Gasteiger partial charge in [0.05, 0.1) is 26.0 Å². The zero-order valence-corrected chi connectivity index (χ0v) is 20.4. The monoisotopic (exact) mass is 482 g/mol. The highest BCUT2D eigenvalue weighted by atomic mass is 32.1. The molecule has 0 aliphatic carbocycles. The Balaban J connectivity index is 1.26. The number of nitrogens with zero attached hydrogens (tertiary/aromatic N) is 5. The molecule has 34 heavy (non-hydrogen) atoms. The highest BCUT2D eigenvalue weighted by molar-refractivity contribution is 7.17. The molecule has 3 aromatic rings. The van der Waals surface area contributed by atoms with Crippen LogP contribution in [0.5, 0.6) is 0 Å². The first-order valence-corrected chi connectivity index (χ1v) is 12.3. The molecule has 3 heterocycles. The first-order valence-electron chi connectivity index (χ1n) is 11.5. The molecular formula is C24H30N6O3S. The molecule has 1 N–H and O–H groups in total. The fraction of sp³-hybridized carbons (Fsp3) is 0.417. The lowest BCUT2D eigenvalue weighted by atomic mass is 10.2. The van der Waals surface area contributed by atoms with Gasteiger partial charge in [-0.05, 0) is 19.4 Å². The van der Waals surface area contributed by atoms with Crippen molar-refractivity contribution in [2.24, 2.45) is 0 Å². The zero-order valence-electron chi connectivity index (χ0n) is 19.6. The van der Waals surface area contributed by atoms with E-state index in [-0.39, 0.29) is 5.97 Å². The molecule has 0 unspecified atom stereocenters. The van der Waals surface area contributed by atoms with Crippen LogP contribution in [0.15, 0.2) is 42.6 Å². The highest BCUT2D eigenvalue weighted by Crippen LogP contribution is 2.25. The maximum atomic E-state index is 11.9. The Hall–Kier alpha value is -3.08. The van der Waals surface area contributed by atoms with E-state index in [0.29, 0.717) is 34.9 Å². The number of esters is 1. The quantitative estimate of drug-likeness (QED) is 0.344. The number of carbonyl (C=O) groups excluding carboxylic acids is 1. The average molecular weight is 483 g/mol. The predicted octanol–water partition coefficient (Wildman–Crippen LogP) is 3.50. The van der Waals surface area contributed by atoms with E-state index in [2.05, 4.69) is 42.2 Å². The van der Waals surface area contributed by atoms with Crippen molar-refractivity contribution in [1.82, 2.24) is 19.9 Å². The lowest BCUT2D eigenvalue weighted by molar-refractivity contribution is 0.0532. The molecule has 10 heteroatoms. The van der Waals surface area contributed by atoms with Gasteiger partial charge in [-0.25, -0.2) is 19.7 Å². The van der Waals surface area contributed by atoms with E-state index in [1.54, 1.807) is 6.92 Å². The summed E-state index contributed by atoms with van der Waals surface area (Å²) in [4.78, 5) is 30.4. The molecule has 0 radical (unpaired) electrons. The molecule has 1 aromatic carbocycles. The topological polar surface area (TPSA) is 92.7 Å². The molecule has 0 atom stereocenters. The van der Waals surface area contributed by atoms with E-state index in [1.807, 2.05) is 31.2 Å². The van der Waals surface area contributed by atoms with Gasteiger partial charge in [-0.1, -0.05) is 41.7 Å². The maximum Gasteiger partial charge on any atom is 0.350 e. The van der Waals surface area contributed by atoms with Crippen LogP contribution in [-0.4, -0.2) is 71.8 Å². The second-order valence-electron chi connectivity index (χ2n) is 7.90. The summed E-state index contributed by atoms with van der Waals surface area (Å²) in [7, 11) is 0. The second-order valence-corrected chi connectivity index (χ2v) is 8.93. The van der Waals surface area contributed by atoms with Gasteiger partial charge in [0, 0.05) is 38.8 Å². The summed E-state index contributed by atoms with van der Waals surface area (Å²) in [6, 6.07) is 12.2. The number of piperazine rings is 1. The van der Waals surface area contributed by atoms with E-state index in [1.165, 1.54) is 23.1 Å². The molecule has 4 rings (SSSR count). The van der Waals surface area contributed by atoms with Gasteiger partial charge in [0.15, 0.2) is 5.13 Å². The largest absolute Gasteiger partial charge is 0.462 e. The fourth-order valence-corrected chi connectivity index (χ4v) is 4.39. The Labute approximate surface area is 203 Å². The van der Waals surface area contributed by atoms with Crippen LogP contribution < -0.4 is 10.2 Å². The minimum absolute atomic E-state index is 0.335. The summed E-state index contributed by atoms with van der Waals surface area (Å²) < 4.78 is 10.9. The Kier molecular flexibility index (Phi) is 8.40. The number of aromatic nitrogens is 3. The number of hydrogen-bond acceptors (Lipinski definition) is 10. The van der Waals surface area contributed by atoms with Crippen LogP contribution in [0.4, 0.5) is 16.8 Å². The third-order valence-corrected chi connectivity index (χ3v) is 6.29. The molecule has 0 bridgehead atoms. The van der Waals surface area contributed by atoms with Crippen molar-refractivity contribution in [1.29, 1.82) is 0 Å². The molecule has 0 saturated carbocycles. The van der Waals surface area contributed by atoms with Gasteiger partial charge in [-0.2, -0.15) is 0 Å². The number of nitrogens with one attached hydrogen (secondary N) is 1. The van der Waals surface area contributed by atoms with Gasteiger partial charge in [0.1, 0.15) is 22.3 Å². The Morgan fingerprint density at radius 1 is 1.15 bits per heavy atom. The number of anilines is 3. The van der Waals surface area contributed by atoms with Crippen molar-refractivity contribution in [3.05, 3.63) is 58.9 Å². The predicted molar refractivity (Wildman–Crippen MR) is 133 cm³/mol. The number of carbonyl (C=O) groups is 1. The third kappa shape index (κ3) is 6.72. The highest BCUT2D eigenvalue weighted by Gasteiger charge is 2.19. The van der Waals surface area contributed by atoms with Crippen LogP contribution in [-0.2, 0) is 16.1 Å². The van der Waals surface area contributed by atoms with E-state index >= 15 is 0 Å². The van der Waals surface area contributed by atoms with Gasteiger partial charge in [-0.3, -0.25) is 4.90 Å². The summed E-state index contributed by atoms with van der Waals surface area (Å²) >= 11 is 1.24. The summed E-state index contributed by atoms with van der Waals surface area (Å²) in [6.45, 7) is 9.96. The molecule has 0 amide bonds. The number of aryl methyl sites for hydroxylation is 1. The van der Waals surface area contributed by atoms with Crippen molar-refractivity contribution in [3.8, 4) is 0 Å². The maximum absolute atomic E-state index is 11.9. The van der Waals surface area contributed by atoms with Crippen molar-refractivity contribution >= 4 is 34.1 Å². The average Bonchev–Trinajstić information content (AvgIpc) is 3.31. The van der Waals surface area contributed by atoms with Crippen molar-refractivity contribution in [2.45, 2.75) is 20.5 Å². The number of thiazole rings is 1. The smallest absolute Gasteiger partial charge is 0.350 e. The first-order chi connectivity index (χ1) is 16.6. The van der Waals surface area contributed by atoms with Crippen molar-refractivity contribution < 1.29 is 14.3 Å². The molecule has 2 aromatic heterocycles. The second kappa shape index (κ2) is 11.9. The van der Waals surface area contributed by atoms with E-state index in [4.69, 9.17) is 9.47 Å². The van der Waals surface area contributed by atoms with Gasteiger partial charge in [-0.15, -0.1) is 0 Å². The van der Waals surface area contributed by atoms with Crippen molar-refractivity contribution in [2.75, 3.05) is 56.2 Å². The molecular weight excluding hydrogens is 452 g/mol. The zero-order chi connectivity index (χ0) is 23.8. The lowest BCUT2D eigenvalue weighted by Crippen LogP contribution is -2.47. The normalized spacial score (nSPS) is 14.2. The van der Waals surface area contributed by atoms with Crippen LogP contribution in [0.1, 0.15) is 28.0 Å². The molecule has 1 aliphatic heterocycles. The minimum atomic E-state index is -0.365. The molecule has 1 saturated heterocycles. The Morgan fingerprint density at radius 2 is 1.94 bits per heavy atom. The molecule has 0 spiro atoms. The Morgan fingerprint density at radius 3 is 2.71 bits per heavy atom. The van der Waals surface area contributed by atoms with Gasteiger partial charge in [0.2, 0.25) is 0 Å². The molecule has 1 aliphatic rings. The fourth-order valence-electron chi connectivity index (χ4n) is 3.67. The summed E-state index contributed by atoms with van der Waals surface area (Å²) in [5.41, 5.74) is 1.20. The number of rotatable bonds is 10. The number of hydrogen-bond donors (Lipinski definition) is 1. The van der Waals surface area contributed by atoms with E-state index < -0.39 is 0 Å². The van der Waals surface area contributed by atoms with Crippen LogP contribution in [0.3, 0.4) is 0 Å². The third-order valence-electron chi connectivity index (χ3n) is 5.40. The molecule has 1 fully saturated rings. The SMILES string of the molecule is CCOC(=O)c1cnc(Nc2cc(N3CCN(CCOCc4ccccc4)CC3)nc(C)n2)s1. The summed E-state index contributed by atoms with van der Waals surface area (Å²) in [5.74, 6) is 1.86. The van der Waals surface area contributed by atoms with Gasteiger partial charge in [0.25, 0.3) is 0 Å².